The van der Waals surface area contributed by atoms with Crippen molar-refractivity contribution in [2.24, 2.45) is 0 Å². The number of nitrogens with one attached hydrogen (secondary N) is 2. The molecule has 3 heterocycles. The minimum Gasteiger partial charge on any atom is -0.467 e. The van der Waals surface area contributed by atoms with E-state index >= 15 is 0 Å². The Kier molecular flexibility index (Phi) is 4.74. The van der Waals surface area contributed by atoms with Crippen LogP contribution < -0.4 is 16.2 Å². The van der Waals surface area contributed by atoms with Gasteiger partial charge >= 0.3 is 0 Å². The number of hydrogen-bond acceptors (Lipinski definition) is 6. The van der Waals surface area contributed by atoms with Gasteiger partial charge in [-0.15, -0.1) is 0 Å². The number of furan rings is 1. The van der Waals surface area contributed by atoms with Gasteiger partial charge in [-0.25, -0.2) is 4.98 Å². The number of nitrogens with zero attached hydrogens (tertiary/aromatic N) is 3. The second-order valence-electron chi connectivity index (χ2n) is 7.60. The molecule has 156 valence electrons. The van der Waals surface area contributed by atoms with Crippen LogP contribution in [0.25, 0.3) is 16.7 Å². The zero-order chi connectivity index (χ0) is 21.4. The largest absolute Gasteiger partial charge is 0.467 e. The first-order chi connectivity index (χ1) is 15.1. The minimum atomic E-state index is -0.210. The summed E-state index contributed by atoms with van der Waals surface area (Å²) >= 11 is 0. The number of hydrogen-bond donors (Lipinski definition) is 2. The van der Waals surface area contributed by atoms with Gasteiger partial charge in [-0.1, -0.05) is 0 Å². The van der Waals surface area contributed by atoms with E-state index < -0.39 is 0 Å². The molecule has 0 saturated heterocycles. The summed E-state index contributed by atoms with van der Waals surface area (Å²) < 4.78 is 6.87. The van der Waals surface area contributed by atoms with Crippen LogP contribution in [0.3, 0.4) is 0 Å². The van der Waals surface area contributed by atoms with Gasteiger partial charge in [0.15, 0.2) is 5.65 Å². The number of aromatic nitrogens is 3. The van der Waals surface area contributed by atoms with Crippen LogP contribution in [0.4, 0.5) is 5.95 Å². The number of benzene rings is 1. The van der Waals surface area contributed by atoms with Crippen molar-refractivity contribution in [3.63, 3.8) is 0 Å². The maximum atomic E-state index is 12.8. The molecular weight excluding hydrogens is 394 g/mol. The van der Waals surface area contributed by atoms with E-state index in [1.165, 1.54) is 10.6 Å². The van der Waals surface area contributed by atoms with Crippen LogP contribution in [0, 0.1) is 6.92 Å². The zero-order valence-electron chi connectivity index (χ0n) is 17.0. The standard InChI is InChI=1S/C23H21N5O3/c1-14-19-10-11-20(29)28(17-8-4-15(5-9-17)22(30)26-16-6-7-16)21(19)27-23(25-14)24-13-18-3-2-12-31-18/h2-5,8-12,16H,6-7,13H2,1H3,(H,26,30)(H,24,25,27). The van der Waals surface area contributed by atoms with E-state index in [1.807, 2.05) is 19.1 Å². The lowest BCUT2D eigenvalue weighted by atomic mass is 10.1. The van der Waals surface area contributed by atoms with Crippen LogP contribution in [0.2, 0.25) is 0 Å². The molecule has 1 saturated carbocycles. The molecule has 1 aromatic carbocycles. The van der Waals surface area contributed by atoms with Gasteiger partial charge < -0.3 is 15.1 Å². The van der Waals surface area contributed by atoms with Crippen molar-refractivity contribution in [1.82, 2.24) is 19.9 Å². The SMILES string of the molecule is Cc1nc(NCc2ccco2)nc2c1ccc(=O)n2-c1ccc(C(=O)NC2CC2)cc1. The predicted octanol–water partition coefficient (Wildman–Crippen LogP) is 3.19. The molecule has 0 spiro atoms. The zero-order valence-corrected chi connectivity index (χ0v) is 17.0. The van der Waals surface area contributed by atoms with Crippen LogP contribution in [-0.4, -0.2) is 26.5 Å². The normalized spacial score (nSPS) is 13.3. The summed E-state index contributed by atoms with van der Waals surface area (Å²) in [7, 11) is 0. The third kappa shape index (κ3) is 3.92. The summed E-state index contributed by atoms with van der Waals surface area (Å²) in [5.41, 5.74) is 2.24. The molecule has 0 radical (unpaired) electrons. The van der Waals surface area contributed by atoms with Crippen molar-refractivity contribution < 1.29 is 9.21 Å². The molecule has 8 heteroatoms. The van der Waals surface area contributed by atoms with Gasteiger partial charge in [-0.3, -0.25) is 14.2 Å². The maximum absolute atomic E-state index is 12.8. The molecule has 31 heavy (non-hydrogen) atoms. The third-order valence-corrected chi connectivity index (χ3v) is 5.24. The van der Waals surface area contributed by atoms with Gasteiger partial charge in [0.05, 0.1) is 24.2 Å². The van der Waals surface area contributed by atoms with E-state index in [1.54, 1.807) is 36.6 Å². The number of anilines is 1. The van der Waals surface area contributed by atoms with Crippen LogP contribution >= 0.6 is 0 Å². The minimum absolute atomic E-state index is 0.0955. The Morgan fingerprint density at radius 2 is 1.94 bits per heavy atom. The molecule has 5 rings (SSSR count). The number of aryl methyl sites for hydroxylation is 1. The second kappa shape index (κ2) is 7.71. The lowest BCUT2D eigenvalue weighted by molar-refractivity contribution is 0.0951. The molecule has 0 unspecified atom stereocenters. The molecular formula is C23H21N5O3. The second-order valence-corrected chi connectivity index (χ2v) is 7.60. The van der Waals surface area contributed by atoms with Crippen molar-refractivity contribution in [2.75, 3.05) is 5.32 Å². The van der Waals surface area contributed by atoms with Gasteiger partial charge in [-0.05, 0) is 62.2 Å². The van der Waals surface area contributed by atoms with E-state index in [-0.39, 0.29) is 11.5 Å². The number of rotatable bonds is 6. The highest BCUT2D eigenvalue weighted by Crippen LogP contribution is 2.21. The average Bonchev–Trinajstić information content (AvgIpc) is 3.42. The Bertz CT molecular complexity index is 1310. The quantitative estimate of drug-likeness (QED) is 0.501. The Morgan fingerprint density at radius 3 is 2.65 bits per heavy atom. The van der Waals surface area contributed by atoms with Crippen LogP contribution in [0.5, 0.6) is 0 Å². The Balaban J connectivity index is 1.51. The van der Waals surface area contributed by atoms with Gasteiger partial charge in [0, 0.05) is 23.1 Å². The fourth-order valence-electron chi connectivity index (χ4n) is 3.43. The van der Waals surface area contributed by atoms with Crippen LogP contribution in [0.15, 0.2) is 64.0 Å². The van der Waals surface area contributed by atoms with Gasteiger partial charge in [0.2, 0.25) is 5.95 Å². The molecule has 0 aliphatic heterocycles. The maximum Gasteiger partial charge on any atom is 0.256 e. The smallest absolute Gasteiger partial charge is 0.256 e. The first-order valence-electron chi connectivity index (χ1n) is 10.2. The lowest BCUT2D eigenvalue weighted by Crippen LogP contribution is -2.25. The first kappa shape index (κ1) is 19.0. The van der Waals surface area contributed by atoms with Crippen molar-refractivity contribution in [3.8, 4) is 5.69 Å². The number of fused-ring (bicyclic) bond motifs is 1. The molecule has 0 bridgehead atoms. The number of amides is 1. The van der Waals surface area contributed by atoms with Crippen molar-refractivity contribution in [3.05, 3.63) is 82.2 Å². The molecule has 2 N–H and O–H groups in total. The van der Waals surface area contributed by atoms with Gasteiger partial charge in [-0.2, -0.15) is 4.98 Å². The average molecular weight is 415 g/mol. The van der Waals surface area contributed by atoms with Gasteiger partial charge in [0.25, 0.3) is 11.5 Å². The summed E-state index contributed by atoms with van der Waals surface area (Å²) in [5.74, 6) is 1.06. The molecule has 0 atom stereocenters. The summed E-state index contributed by atoms with van der Waals surface area (Å²) in [6.07, 6.45) is 3.67. The summed E-state index contributed by atoms with van der Waals surface area (Å²) in [4.78, 5) is 34.1. The Hall–Kier alpha value is -3.94. The van der Waals surface area contributed by atoms with E-state index in [0.717, 1.165) is 29.7 Å². The number of carbonyl (C=O) groups is 1. The van der Waals surface area contributed by atoms with Crippen LogP contribution in [-0.2, 0) is 6.54 Å². The molecule has 3 aromatic heterocycles. The summed E-state index contributed by atoms with van der Waals surface area (Å²) in [6, 6.07) is 14.2. The first-order valence-corrected chi connectivity index (χ1v) is 10.2. The Morgan fingerprint density at radius 1 is 1.13 bits per heavy atom. The van der Waals surface area contributed by atoms with E-state index in [4.69, 9.17) is 4.42 Å². The van der Waals surface area contributed by atoms with Crippen molar-refractivity contribution >= 4 is 22.9 Å². The molecule has 1 amide bonds. The van der Waals surface area contributed by atoms with E-state index in [2.05, 4.69) is 20.6 Å². The fourth-order valence-corrected chi connectivity index (χ4v) is 3.43. The van der Waals surface area contributed by atoms with Gasteiger partial charge in [0.1, 0.15) is 5.76 Å². The van der Waals surface area contributed by atoms with Crippen molar-refractivity contribution in [2.45, 2.75) is 32.4 Å². The highest BCUT2D eigenvalue weighted by Gasteiger charge is 2.23. The summed E-state index contributed by atoms with van der Waals surface area (Å²) in [5, 5.41) is 6.89. The number of carbonyl (C=O) groups excluding carboxylic acids is 1. The number of pyridine rings is 1. The van der Waals surface area contributed by atoms with Crippen molar-refractivity contribution in [1.29, 1.82) is 0 Å². The Labute approximate surface area is 177 Å². The van der Waals surface area contributed by atoms with E-state index in [9.17, 15) is 9.59 Å². The summed E-state index contributed by atoms with van der Waals surface area (Å²) in [6.45, 7) is 2.31. The molecule has 1 aliphatic carbocycles. The molecule has 1 fully saturated rings. The topological polar surface area (TPSA) is 102 Å². The molecule has 4 aromatic rings. The fraction of sp³-hybridized carbons (Fsp3) is 0.217. The van der Waals surface area contributed by atoms with E-state index in [0.29, 0.717) is 35.4 Å². The molecule has 1 aliphatic rings. The highest BCUT2D eigenvalue weighted by molar-refractivity contribution is 5.94. The highest BCUT2D eigenvalue weighted by atomic mass is 16.3. The lowest BCUT2D eigenvalue weighted by Gasteiger charge is -2.13. The monoisotopic (exact) mass is 415 g/mol. The molecule has 8 nitrogen and oxygen atoms in total. The third-order valence-electron chi connectivity index (χ3n) is 5.24. The van der Waals surface area contributed by atoms with Crippen LogP contribution in [0.1, 0.15) is 34.7 Å². The predicted molar refractivity (Wildman–Crippen MR) is 116 cm³/mol.